The number of hydrogen-bond acceptors (Lipinski definition) is 13. The van der Waals surface area contributed by atoms with Gasteiger partial charge in [-0.05, 0) is 67.8 Å². The first-order chi connectivity index (χ1) is 36.0. The number of aromatic nitrogens is 2. The Kier molecular flexibility index (Phi) is 25.9. The van der Waals surface area contributed by atoms with Gasteiger partial charge in [0.15, 0.2) is 5.96 Å². The molecule has 25 nitrogen and oxygen atoms in total. The molecule has 1 aliphatic rings. The normalized spacial score (nSPS) is 15.6. The number of phenols is 1. The lowest BCUT2D eigenvalue weighted by molar-refractivity contribution is -0.145. The lowest BCUT2D eigenvalue weighted by atomic mass is 9.96. The Labute approximate surface area is 441 Å². The number of aromatic hydroxyl groups is 1. The number of carbonyl (C=O) groups is 9. The Balaban J connectivity index is 0.00000366. The molecule has 1 fully saturated rings. The van der Waals surface area contributed by atoms with Crippen molar-refractivity contribution in [3.05, 3.63) is 83.9 Å². The molecule has 2 heterocycles. The highest BCUT2D eigenvalue weighted by Gasteiger charge is 2.41. The van der Waals surface area contributed by atoms with Gasteiger partial charge in [-0.3, -0.25) is 43.3 Å². The van der Waals surface area contributed by atoms with Crippen LogP contribution in [0.15, 0.2) is 72.1 Å². The van der Waals surface area contributed by atoms with Crippen LogP contribution in [0.3, 0.4) is 0 Å². The third-order valence-electron chi connectivity index (χ3n) is 12.3. The van der Waals surface area contributed by atoms with Crippen molar-refractivity contribution >= 4 is 59.2 Å². The number of nitrogens with zero attached hydrogens (tertiary/aromatic N) is 3. The first-order valence-electron chi connectivity index (χ1n) is 25.1. The van der Waals surface area contributed by atoms with Gasteiger partial charge < -0.3 is 73.9 Å². The summed E-state index contributed by atoms with van der Waals surface area (Å²) in [5.74, 6) is -7.99. The number of hydrogen-bond donors (Lipinski definition) is 13. The number of carboxylic acid groups (broad SMARTS) is 2. The molecule has 4 rings (SSSR count). The summed E-state index contributed by atoms with van der Waals surface area (Å²) in [6.07, 6.45) is 4.20. The van der Waals surface area contributed by atoms with E-state index in [0.717, 1.165) is 6.92 Å². The molecule has 0 unspecified atom stereocenters. The van der Waals surface area contributed by atoms with Crippen molar-refractivity contribution in [3.63, 3.8) is 0 Å². The van der Waals surface area contributed by atoms with Gasteiger partial charge in [0.2, 0.25) is 41.4 Å². The summed E-state index contributed by atoms with van der Waals surface area (Å²) in [4.78, 5) is 131. The molecule has 0 saturated carbocycles. The van der Waals surface area contributed by atoms with Crippen LogP contribution in [0.2, 0.25) is 0 Å². The third-order valence-corrected chi connectivity index (χ3v) is 12.3. The predicted octanol–water partition coefficient (Wildman–Crippen LogP) is -0.806. The van der Waals surface area contributed by atoms with Crippen LogP contribution in [0, 0.1) is 11.8 Å². The van der Waals surface area contributed by atoms with Crippen molar-refractivity contribution in [2.75, 3.05) is 26.7 Å². The maximum atomic E-state index is 14.5. The van der Waals surface area contributed by atoms with E-state index in [4.69, 9.17) is 21.4 Å². The summed E-state index contributed by atoms with van der Waals surface area (Å²) in [6.45, 7) is 8.24. The Morgan fingerprint density at radius 2 is 1.36 bits per heavy atom. The summed E-state index contributed by atoms with van der Waals surface area (Å²) in [6, 6.07) is 6.24. The Hall–Kier alpha value is -8.09. The van der Waals surface area contributed by atoms with Crippen LogP contribution < -0.4 is 48.7 Å². The van der Waals surface area contributed by atoms with E-state index in [-0.39, 0.29) is 63.4 Å². The number of aliphatic carboxylic acids is 2. The minimum absolute atomic E-state index is 0.0144. The van der Waals surface area contributed by atoms with E-state index < -0.39 is 107 Å². The van der Waals surface area contributed by atoms with Crippen molar-refractivity contribution in [2.24, 2.45) is 28.3 Å². The molecule has 1 aromatic heterocycles. The average Bonchev–Trinajstić information content (AvgIpc) is 4.09. The lowest BCUT2D eigenvalue weighted by Crippen LogP contribution is -2.62. The van der Waals surface area contributed by atoms with Gasteiger partial charge in [-0.25, -0.2) is 9.78 Å². The van der Waals surface area contributed by atoms with Gasteiger partial charge in [0.1, 0.15) is 48.0 Å². The van der Waals surface area contributed by atoms with Crippen LogP contribution in [-0.2, 0) is 62.4 Å². The molecule has 0 aliphatic carbocycles. The van der Waals surface area contributed by atoms with Crippen LogP contribution in [-0.4, -0.2) is 158 Å². The smallest absolute Gasteiger partial charge is 0.326 e. The van der Waals surface area contributed by atoms with Crippen LogP contribution in [0.4, 0.5) is 0 Å². The molecule has 7 amide bonds. The number of rotatable bonds is 28. The van der Waals surface area contributed by atoms with Crippen molar-refractivity contribution in [2.45, 2.75) is 128 Å². The molecule has 0 bridgehead atoms. The molecule has 1 saturated heterocycles. The number of nitrogens with one attached hydrogen (secondary N) is 8. The first kappa shape index (κ1) is 62.2. The zero-order chi connectivity index (χ0) is 56.5. The molecule has 0 radical (unpaired) electrons. The monoisotopic (exact) mass is 1060 g/mol. The first-order valence-corrected chi connectivity index (χ1v) is 25.1. The van der Waals surface area contributed by atoms with E-state index in [1.54, 1.807) is 77.2 Å². The maximum Gasteiger partial charge on any atom is 0.326 e. The van der Waals surface area contributed by atoms with Crippen LogP contribution >= 0.6 is 0 Å². The highest BCUT2D eigenvalue weighted by molar-refractivity contribution is 5.98. The Bertz CT molecular complexity index is 2410. The zero-order valence-electron chi connectivity index (χ0n) is 43.8. The highest BCUT2D eigenvalue weighted by atomic mass is 16.4. The highest BCUT2D eigenvalue weighted by Crippen LogP contribution is 2.21. The average molecular weight is 1060 g/mol. The number of aromatic amines is 1. The second-order valence-electron chi connectivity index (χ2n) is 18.8. The number of likely N-dealkylation sites (tertiary alicyclic amines) is 1. The molecular formula is C51H75N13O12. The summed E-state index contributed by atoms with van der Waals surface area (Å²) >= 11 is 0. The Morgan fingerprint density at radius 3 is 1.93 bits per heavy atom. The van der Waals surface area contributed by atoms with Crippen LogP contribution in [0.5, 0.6) is 5.75 Å². The number of H-pyrrole nitrogens is 1. The number of carbonyl (C=O) groups excluding carboxylic acids is 7. The minimum atomic E-state index is -1.35. The van der Waals surface area contributed by atoms with Crippen LogP contribution in [0.25, 0.3) is 0 Å². The summed E-state index contributed by atoms with van der Waals surface area (Å²) in [5, 5.41) is 46.5. The SMILES string of the molecule is CC(=O)O.CC[C@H](C)[C@H](NC(=O)[C@H](Cc1ccc(O)cc1)NC(=O)[C@@H](NC(=O)[C@H](CCCN=C(N)N)NC(=O)CNC)C(C)C)C(=O)N[C@@H](Cc1cnc[nH]1)C(=O)N1CCC[C@H]1C(=O)N[C@@H](Cc1ccccc1)C(=O)O. The topological polar surface area (TPSA) is 395 Å². The maximum absolute atomic E-state index is 14.5. The van der Waals surface area contributed by atoms with Gasteiger partial charge in [-0.15, -0.1) is 0 Å². The van der Waals surface area contributed by atoms with E-state index in [2.05, 4.69) is 52.2 Å². The van der Waals surface area contributed by atoms with Gasteiger partial charge in [-0.1, -0.05) is 76.6 Å². The van der Waals surface area contributed by atoms with Gasteiger partial charge >= 0.3 is 5.97 Å². The van der Waals surface area contributed by atoms with E-state index in [1.165, 1.54) is 29.6 Å². The van der Waals surface area contributed by atoms with Crippen molar-refractivity contribution < 1.29 is 58.5 Å². The number of amides is 7. The van der Waals surface area contributed by atoms with E-state index in [1.807, 2.05) is 0 Å². The number of carboxylic acids is 2. The van der Waals surface area contributed by atoms with Crippen molar-refractivity contribution in [1.82, 2.24) is 52.1 Å². The molecule has 76 heavy (non-hydrogen) atoms. The number of guanidine groups is 1. The van der Waals surface area contributed by atoms with E-state index in [9.17, 15) is 48.6 Å². The summed E-state index contributed by atoms with van der Waals surface area (Å²) < 4.78 is 0. The zero-order valence-corrected chi connectivity index (χ0v) is 43.8. The number of benzene rings is 2. The predicted molar refractivity (Wildman–Crippen MR) is 280 cm³/mol. The molecule has 8 atom stereocenters. The van der Waals surface area contributed by atoms with Gasteiger partial charge in [0.25, 0.3) is 5.97 Å². The molecule has 15 N–H and O–H groups in total. The molecule has 416 valence electrons. The summed E-state index contributed by atoms with van der Waals surface area (Å²) in [7, 11) is 1.57. The minimum Gasteiger partial charge on any atom is -0.508 e. The third kappa shape index (κ3) is 21.0. The molecule has 2 aromatic carbocycles. The Morgan fingerprint density at radius 1 is 0.763 bits per heavy atom. The summed E-state index contributed by atoms with van der Waals surface area (Å²) in [5.41, 5.74) is 12.6. The van der Waals surface area contributed by atoms with Gasteiger partial charge in [0.05, 0.1) is 12.9 Å². The number of likely N-dealkylation sites (N-methyl/N-ethyl adjacent to an activating group) is 1. The lowest BCUT2D eigenvalue weighted by Gasteiger charge is -2.32. The molecular weight excluding hydrogens is 987 g/mol. The fraction of sp³-hybridized carbons (Fsp3) is 0.510. The van der Waals surface area contributed by atoms with Gasteiger partial charge in [-0.2, -0.15) is 0 Å². The van der Waals surface area contributed by atoms with Crippen LogP contribution in [0.1, 0.15) is 83.5 Å². The number of imidazole rings is 1. The van der Waals surface area contributed by atoms with Crippen molar-refractivity contribution in [1.29, 1.82) is 0 Å². The van der Waals surface area contributed by atoms with Gasteiger partial charge in [0, 0.05) is 51.2 Å². The van der Waals surface area contributed by atoms with E-state index >= 15 is 0 Å². The standard InChI is InChI=1S/C49H71N13O10.C2H4O2/c1-6-29(4)41(46(69)58-36(24-32-25-53-27-55-32)47(70)62-21-11-15-38(62)44(67)59-37(48(71)72)23-30-12-8-7-9-13-30)61-43(66)35(22-31-16-18-33(63)19-17-31)57-45(68)40(28(2)3)60-42(65)34(56-39(64)26-52-5)14-10-20-54-49(50)51;1-2(3)4/h7-9,12-13,16-19,25,27-29,34-38,40-41,52,63H,6,10-11,14-15,20-24,26H2,1-5H3,(H,53,55)(H,56,64)(H,57,68)(H,58,69)(H,59,67)(H,60,65)(H,61,66)(H,71,72)(H4,50,51,54);1H3,(H,3,4)/t29-,34-,35-,36-,37-,38-,40-,41-;/m0./s1. The number of phenolic OH excluding ortho intramolecular Hbond substituents is 1. The van der Waals surface area contributed by atoms with Crippen molar-refractivity contribution in [3.8, 4) is 5.75 Å². The largest absolute Gasteiger partial charge is 0.508 e. The molecule has 1 aliphatic heterocycles. The molecule has 3 aromatic rings. The molecule has 25 heteroatoms. The van der Waals surface area contributed by atoms with E-state index in [0.29, 0.717) is 36.1 Å². The second-order valence-corrected chi connectivity index (χ2v) is 18.8. The second kappa shape index (κ2) is 31.6. The quantitative estimate of drug-likeness (QED) is 0.0240. The number of aliphatic imine (C=N–C) groups is 1. The molecule has 0 spiro atoms. The number of nitrogens with two attached hydrogens (primary N) is 2. The fourth-order valence-corrected chi connectivity index (χ4v) is 8.16. The fourth-order valence-electron chi connectivity index (χ4n) is 8.16.